The van der Waals surface area contributed by atoms with Crippen LogP contribution in [0, 0.1) is 12.7 Å². The van der Waals surface area contributed by atoms with Crippen LogP contribution in [-0.4, -0.2) is 20.6 Å². The Kier molecular flexibility index (Phi) is 4.61. The number of allylic oxidation sites excluding steroid dienone is 1. The number of rotatable bonds is 5. The summed E-state index contributed by atoms with van der Waals surface area (Å²) in [6, 6.07) is 12.2. The summed E-state index contributed by atoms with van der Waals surface area (Å²) in [5.41, 5.74) is 3.42. The number of ether oxygens (including phenoxy) is 1. The molecule has 0 aliphatic carbocycles. The first-order valence-corrected chi connectivity index (χ1v) is 9.33. The van der Waals surface area contributed by atoms with Crippen molar-refractivity contribution in [3.63, 3.8) is 0 Å². The molecule has 0 spiro atoms. The second kappa shape index (κ2) is 7.08. The van der Waals surface area contributed by atoms with Gasteiger partial charge in [0, 0.05) is 12.5 Å². The minimum atomic E-state index is -1.00. The van der Waals surface area contributed by atoms with E-state index in [0.717, 1.165) is 16.6 Å². The number of thioether (sulfide) groups is 1. The largest absolute Gasteiger partial charge is 0.492 e. The van der Waals surface area contributed by atoms with Gasteiger partial charge in [0.25, 0.3) is 0 Å². The summed E-state index contributed by atoms with van der Waals surface area (Å²) in [6.07, 6.45) is 2.05. The first kappa shape index (κ1) is 17.6. The van der Waals surface area contributed by atoms with Gasteiger partial charge in [-0.25, -0.2) is 14.2 Å². The molecule has 2 heterocycles. The van der Waals surface area contributed by atoms with Crippen molar-refractivity contribution in [3.8, 4) is 0 Å². The lowest BCUT2D eigenvalue weighted by molar-refractivity contribution is -0.132. The van der Waals surface area contributed by atoms with Crippen molar-refractivity contribution in [1.82, 2.24) is 9.55 Å². The summed E-state index contributed by atoms with van der Waals surface area (Å²) < 4.78 is 21.1. The Morgan fingerprint density at radius 1 is 1.37 bits per heavy atom. The van der Waals surface area contributed by atoms with Crippen LogP contribution in [0.2, 0.25) is 0 Å². The third-order valence-corrected chi connectivity index (χ3v) is 5.88. The van der Waals surface area contributed by atoms with Crippen LogP contribution in [0.25, 0.3) is 11.0 Å². The Bertz CT molecular complexity index is 1060. The van der Waals surface area contributed by atoms with Crippen LogP contribution >= 0.6 is 11.8 Å². The van der Waals surface area contributed by atoms with Crippen molar-refractivity contribution in [2.45, 2.75) is 25.3 Å². The normalized spacial score (nSPS) is 16.9. The average Bonchev–Trinajstić information content (AvgIpc) is 3.24. The standard InChI is InChI=1S/C20H17FN2O3S/c1-12-4-2-3-5-13(12)10-26-17-9-18(27-19(17)20(24)25)23-11-22-15-8-14(21)6-7-16(15)23/h2-8,11,18H,9-10H2,1H3,(H,24,25). The number of aromatic nitrogens is 2. The molecule has 0 amide bonds. The molecule has 5 nitrogen and oxygen atoms in total. The molecule has 3 aromatic rings. The van der Waals surface area contributed by atoms with Crippen LogP contribution in [0.3, 0.4) is 0 Å². The number of aliphatic carboxylic acids is 1. The predicted molar refractivity (Wildman–Crippen MR) is 102 cm³/mol. The van der Waals surface area contributed by atoms with Crippen molar-refractivity contribution >= 4 is 28.8 Å². The molecule has 7 heteroatoms. The van der Waals surface area contributed by atoms with E-state index < -0.39 is 5.97 Å². The number of fused-ring (bicyclic) bond motifs is 1. The van der Waals surface area contributed by atoms with Gasteiger partial charge < -0.3 is 14.4 Å². The summed E-state index contributed by atoms with van der Waals surface area (Å²) in [6.45, 7) is 2.32. The number of hydrogen-bond donors (Lipinski definition) is 1. The monoisotopic (exact) mass is 384 g/mol. The van der Waals surface area contributed by atoms with E-state index in [1.54, 1.807) is 12.4 Å². The van der Waals surface area contributed by atoms with E-state index >= 15 is 0 Å². The maximum absolute atomic E-state index is 13.4. The number of carboxylic acid groups (broad SMARTS) is 1. The topological polar surface area (TPSA) is 64.3 Å². The summed E-state index contributed by atoms with van der Waals surface area (Å²) in [4.78, 5) is 16.1. The fraction of sp³-hybridized carbons (Fsp3) is 0.200. The Morgan fingerprint density at radius 3 is 2.96 bits per heavy atom. The number of hydrogen-bond acceptors (Lipinski definition) is 4. The molecule has 1 unspecified atom stereocenters. The molecule has 1 aliphatic heterocycles. The zero-order valence-corrected chi connectivity index (χ0v) is 15.4. The van der Waals surface area contributed by atoms with Gasteiger partial charge in [-0.15, -0.1) is 0 Å². The molecule has 1 N–H and O–H groups in total. The Morgan fingerprint density at radius 2 is 2.19 bits per heavy atom. The number of nitrogens with zero attached hydrogens (tertiary/aromatic N) is 2. The fourth-order valence-corrected chi connectivity index (χ4v) is 4.28. The van der Waals surface area contributed by atoms with Crippen LogP contribution in [0.15, 0.2) is 59.5 Å². The third-order valence-electron chi connectivity index (χ3n) is 4.57. The second-order valence-electron chi connectivity index (χ2n) is 6.33. The van der Waals surface area contributed by atoms with Crippen LogP contribution in [0.5, 0.6) is 0 Å². The van der Waals surface area contributed by atoms with E-state index in [2.05, 4.69) is 4.98 Å². The molecule has 0 fully saturated rings. The third kappa shape index (κ3) is 3.42. The zero-order chi connectivity index (χ0) is 19.0. The highest BCUT2D eigenvalue weighted by Crippen LogP contribution is 2.46. The Balaban J connectivity index is 1.57. The van der Waals surface area contributed by atoms with Crippen LogP contribution < -0.4 is 0 Å². The number of imidazole rings is 1. The smallest absolute Gasteiger partial charge is 0.345 e. The molecule has 1 atom stereocenters. The number of carbonyl (C=O) groups is 1. The highest BCUT2D eigenvalue weighted by Gasteiger charge is 2.32. The number of benzene rings is 2. The van der Waals surface area contributed by atoms with Gasteiger partial charge in [0.05, 0.1) is 22.7 Å². The van der Waals surface area contributed by atoms with Crippen molar-refractivity contribution < 1.29 is 19.0 Å². The number of halogens is 1. The molecule has 0 saturated heterocycles. The minimum Gasteiger partial charge on any atom is -0.492 e. The lowest BCUT2D eigenvalue weighted by Gasteiger charge is -2.13. The van der Waals surface area contributed by atoms with E-state index in [0.29, 0.717) is 24.3 Å². The Labute approximate surface area is 159 Å². The SMILES string of the molecule is Cc1ccccc1COC1=C(C(=O)O)SC(n2cnc3cc(F)ccc32)C1. The predicted octanol–water partition coefficient (Wildman–Crippen LogP) is 4.63. The fourth-order valence-electron chi connectivity index (χ4n) is 3.12. The lowest BCUT2D eigenvalue weighted by atomic mass is 10.1. The minimum absolute atomic E-state index is 0.196. The second-order valence-corrected chi connectivity index (χ2v) is 7.52. The summed E-state index contributed by atoms with van der Waals surface area (Å²) in [5, 5.41) is 9.37. The van der Waals surface area contributed by atoms with Gasteiger partial charge in [-0.05, 0) is 30.2 Å². The molecule has 27 heavy (non-hydrogen) atoms. The maximum atomic E-state index is 13.4. The van der Waals surface area contributed by atoms with Crippen LogP contribution in [-0.2, 0) is 16.1 Å². The summed E-state index contributed by atoms with van der Waals surface area (Å²) >= 11 is 1.23. The molecule has 4 rings (SSSR count). The lowest BCUT2D eigenvalue weighted by Crippen LogP contribution is -2.02. The highest BCUT2D eigenvalue weighted by atomic mass is 32.2. The molecule has 1 aromatic heterocycles. The molecule has 138 valence electrons. The quantitative estimate of drug-likeness (QED) is 0.695. The number of aryl methyl sites for hydroxylation is 1. The highest BCUT2D eigenvalue weighted by molar-refractivity contribution is 8.04. The van der Waals surface area contributed by atoms with Gasteiger partial charge in [0.1, 0.15) is 23.1 Å². The molecule has 0 bridgehead atoms. The van der Waals surface area contributed by atoms with Crippen molar-refractivity contribution in [1.29, 1.82) is 0 Å². The zero-order valence-electron chi connectivity index (χ0n) is 14.6. The maximum Gasteiger partial charge on any atom is 0.345 e. The van der Waals surface area contributed by atoms with Crippen molar-refractivity contribution in [3.05, 3.63) is 76.4 Å². The first-order chi connectivity index (χ1) is 13.0. The molecule has 2 aromatic carbocycles. The molecule has 0 saturated carbocycles. The van der Waals surface area contributed by atoms with E-state index in [4.69, 9.17) is 4.74 Å². The van der Waals surface area contributed by atoms with E-state index in [9.17, 15) is 14.3 Å². The van der Waals surface area contributed by atoms with Crippen molar-refractivity contribution in [2.24, 2.45) is 0 Å². The average molecular weight is 384 g/mol. The molecule has 1 aliphatic rings. The summed E-state index contributed by atoms with van der Waals surface area (Å²) in [7, 11) is 0. The van der Waals surface area contributed by atoms with Crippen LogP contribution in [0.4, 0.5) is 4.39 Å². The Hall–Kier alpha value is -2.80. The number of carboxylic acids is 1. The van der Waals surface area contributed by atoms with Crippen molar-refractivity contribution in [2.75, 3.05) is 0 Å². The molecule has 0 radical (unpaired) electrons. The molecular weight excluding hydrogens is 367 g/mol. The first-order valence-electron chi connectivity index (χ1n) is 8.45. The van der Waals surface area contributed by atoms with Gasteiger partial charge in [-0.1, -0.05) is 36.0 Å². The molecular formula is C20H17FN2O3S. The van der Waals surface area contributed by atoms with E-state index in [1.807, 2.05) is 35.8 Å². The van der Waals surface area contributed by atoms with Gasteiger partial charge in [-0.2, -0.15) is 0 Å². The van der Waals surface area contributed by atoms with E-state index in [1.165, 1.54) is 23.9 Å². The summed E-state index contributed by atoms with van der Waals surface area (Å²) in [5.74, 6) is -0.888. The van der Waals surface area contributed by atoms with Gasteiger partial charge in [0.2, 0.25) is 0 Å². The van der Waals surface area contributed by atoms with E-state index in [-0.39, 0.29) is 16.1 Å². The van der Waals surface area contributed by atoms with Gasteiger partial charge in [-0.3, -0.25) is 0 Å². The van der Waals surface area contributed by atoms with Crippen LogP contribution in [0.1, 0.15) is 22.9 Å². The van der Waals surface area contributed by atoms with Gasteiger partial charge >= 0.3 is 5.97 Å². The van der Waals surface area contributed by atoms with Gasteiger partial charge in [0.15, 0.2) is 0 Å².